The zero-order valence-corrected chi connectivity index (χ0v) is 4.47. The Balaban J connectivity index is -0.0000000575. The second kappa shape index (κ2) is 16.5. The van der Waals surface area contributed by atoms with Gasteiger partial charge in [0.05, 0.1) is 0 Å². The summed E-state index contributed by atoms with van der Waals surface area (Å²) in [6.45, 7) is 2.75. The molecule has 0 aromatic rings. The maximum absolute atomic E-state index is 9.22. The summed E-state index contributed by atoms with van der Waals surface area (Å²) in [7, 11) is 0. The highest BCUT2D eigenvalue weighted by atomic mass is 16.1. The molecule has 0 bridgehead atoms. The molecule has 0 heterocycles. The van der Waals surface area contributed by atoms with Crippen LogP contribution in [0.3, 0.4) is 0 Å². The summed E-state index contributed by atoms with van der Waals surface area (Å²) in [5.41, 5.74) is 4.47. The van der Waals surface area contributed by atoms with E-state index >= 15 is 0 Å². The Bertz CT molecular complexity index is 57.4. The summed E-state index contributed by atoms with van der Waals surface area (Å²) in [6.07, 6.45) is 0.750. The Kier molecular flexibility index (Phi) is 32.3. The summed E-state index contributed by atoms with van der Waals surface area (Å²) in [5, 5.41) is 0. The van der Waals surface area contributed by atoms with Crippen molar-refractivity contribution in [3.8, 4) is 0 Å². The third kappa shape index (κ3) is 119. The monoisotopic (exact) mass is 119 g/mol. The highest BCUT2D eigenvalue weighted by Crippen LogP contribution is 1.33. The van der Waals surface area contributed by atoms with Crippen molar-refractivity contribution in [2.75, 3.05) is 0 Å². The van der Waals surface area contributed by atoms with Gasteiger partial charge in [0.2, 0.25) is 5.91 Å². The quantitative estimate of drug-likeness (QED) is 0.467. The number of nitrogens with two attached hydrogens (primary N) is 1. The lowest BCUT2D eigenvalue weighted by molar-refractivity contribution is -0.116. The van der Waals surface area contributed by atoms with E-state index in [9.17, 15) is 4.79 Å². The molecule has 0 aliphatic carbocycles. The molecule has 0 saturated heterocycles. The van der Waals surface area contributed by atoms with Crippen LogP contribution >= 0.6 is 0 Å². The van der Waals surface area contributed by atoms with Crippen LogP contribution in [0.15, 0.2) is 0 Å². The molecule has 0 aliphatic heterocycles. The molecule has 0 atom stereocenters. The zero-order chi connectivity index (χ0) is 6.28. The fraction of sp³-hybridized carbons (Fsp3) is 0.600. The first-order valence-corrected chi connectivity index (χ1v) is 1.81. The largest absolute Gasteiger partial charge is 0.370 e. The molecule has 2 N–H and O–H groups in total. The minimum atomic E-state index is -0.333. The van der Waals surface area contributed by atoms with E-state index in [-0.39, 0.29) is 13.3 Å². The molecule has 3 nitrogen and oxygen atoms in total. The van der Waals surface area contributed by atoms with Crippen molar-refractivity contribution in [2.45, 2.75) is 21.3 Å². The highest BCUT2D eigenvalue weighted by Gasteiger charge is 1.61. The molecule has 50 valence electrons. The Labute approximate surface area is 49.9 Å². The number of carbonyl (C=O) groups is 2. The average Bonchev–Trinajstić information content (AvgIpc) is 1.33. The van der Waals surface area contributed by atoms with Gasteiger partial charge in [0.1, 0.15) is 6.29 Å². The van der Waals surface area contributed by atoms with Gasteiger partial charge in [-0.25, -0.2) is 0 Å². The van der Waals surface area contributed by atoms with E-state index in [1.165, 1.54) is 13.8 Å². The molecule has 0 fully saturated rings. The first-order valence-electron chi connectivity index (χ1n) is 1.81. The molecular formula is C5H13NO2. The lowest BCUT2D eigenvalue weighted by atomic mass is 10.8. The van der Waals surface area contributed by atoms with E-state index in [1.54, 1.807) is 0 Å². The SMILES string of the molecule is C.CC(N)=O.CC=O. The van der Waals surface area contributed by atoms with Crippen molar-refractivity contribution >= 4 is 12.2 Å². The van der Waals surface area contributed by atoms with Crippen molar-refractivity contribution in [1.82, 2.24) is 0 Å². The molecular weight excluding hydrogens is 106 g/mol. The Hall–Kier alpha value is -0.860. The predicted molar refractivity (Wildman–Crippen MR) is 33.3 cm³/mol. The van der Waals surface area contributed by atoms with Gasteiger partial charge in [0.25, 0.3) is 0 Å². The Morgan fingerprint density at radius 3 is 1.62 bits per heavy atom. The predicted octanol–water partition coefficient (Wildman–Crippen LogP) is 0.333. The fourth-order valence-electron chi connectivity index (χ4n) is 0. The van der Waals surface area contributed by atoms with Crippen molar-refractivity contribution in [2.24, 2.45) is 5.73 Å². The van der Waals surface area contributed by atoms with Gasteiger partial charge in [-0.3, -0.25) is 4.79 Å². The van der Waals surface area contributed by atoms with Crippen LogP contribution in [0.2, 0.25) is 0 Å². The second-order valence-electron chi connectivity index (χ2n) is 0.846. The van der Waals surface area contributed by atoms with Gasteiger partial charge >= 0.3 is 0 Å². The Morgan fingerprint density at radius 2 is 1.62 bits per heavy atom. The number of rotatable bonds is 0. The number of hydrogen-bond acceptors (Lipinski definition) is 2. The molecule has 0 aromatic heterocycles. The van der Waals surface area contributed by atoms with Crippen LogP contribution < -0.4 is 5.73 Å². The van der Waals surface area contributed by atoms with E-state index < -0.39 is 0 Å². The van der Waals surface area contributed by atoms with E-state index in [4.69, 9.17) is 4.79 Å². The van der Waals surface area contributed by atoms with Crippen molar-refractivity contribution in [3.05, 3.63) is 0 Å². The Morgan fingerprint density at radius 1 is 1.62 bits per heavy atom. The molecule has 0 spiro atoms. The molecule has 0 radical (unpaired) electrons. The van der Waals surface area contributed by atoms with Crippen molar-refractivity contribution in [1.29, 1.82) is 0 Å². The molecule has 0 unspecified atom stereocenters. The van der Waals surface area contributed by atoms with Crippen LogP contribution in [-0.2, 0) is 9.59 Å². The third-order valence-electron chi connectivity index (χ3n) is 0. The molecule has 1 amide bonds. The summed E-state index contributed by atoms with van der Waals surface area (Å²) < 4.78 is 0. The summed E-state index contributed by atoms with van der Waals surface area (Å²) in [6, 6.07) is 0. The number of hydrogen-bond donors (Lipinski definition) is 1. The van der Waals surface area contributed by atoms with Crippen molar-refractivity contribution in [3.63, 3.8) is 0 Å². The first kappa shape index (κ1) is 15.7. The van der Waals surface area contributed by atoms with Gasteiger partial charge in [0, 0.05) is 6.92 Å². The van der Waals surface area contributed by atoms with E-state index in [1.807, 2.05) is 0 Å². The van der Waals surface area contributed by atoms with Crippen LogP contribution in [0.1, 0.15) is 21.3 Å². The van der Waals surface area contributed by atoms with Gasteiger partial charge in [-0.1, -0.05) is 7.43 Å². The highest BCUT2D eigenvalue weighted by molar-refractivity contribution is 5.70. The van der Waals surface area contributed by atoms with Gasteiger partial charge in [0.15, 0.2) is 0 Å². The summed E-state index contributed by atoms with van der Waals surface area (Å²) >= 11 is 0. The molecule has 0 saturated carbocycles. The van der Waals surface area contributed by atoms with Crippen LogP contribution in [0, 0.1) is 0 Å². The van der Waals surface area contributed by atoms with Gasteiger partial charge in [-0.2, -0.15) is 0 Å². The van der Waals surface area contributed by atoms with Gasteiger partial charge in [-0.15, -0.1) is 0 Å². The zero-order valence-electron chi connectivity index (χ0n) is 4.47. The minimum absolute atomic E-state index is 0. The maximum Gasteiger partial charge on any atom is 0.214 e. The average molecular weight is 119 g/mol. The minimum Gasteiger partial charge on any atom is -0.370 e. The molecule has 0 aromatic carbocycles. The second-order valence-corrected chi connectivity index (χ2v) is 0.846. The van der Waals surface area contributed by atoms with E-state index in [0.717, 1.165) is 6.29 Å². The maximum atomic E-state index is 9.22. The van der Waals surface area contributed by atoms with E-state index in [2.05, 4.69) is 5.73 Å². The summed E-state index contributed by atoms with van der Waals surface area (Å²) in [5.74, 6) is -0.333. The first-order chi connectivity index (χ1) is 3.15. The molecule has 0 aliphatic rings. The molecule has 3 heteroatoms. The topological polar surface area (TPSA) is 60.2 Å². The van der Waals surface area contributed by atoms with Crippen LogP contribution in [0.5, 0.6) is 0 Å². The molecule has 8 heavy (non-hydrogen) atoms. The summed E-state index contributed by atoms with van der Waals surface area (Å²) in [4.78, 5) is 18.0. The molecule has 0 rings (SSSR count). The van der Waals surface area contributed by atoms with Gasteiger partial charge < -0.3 is 10.5 Å². The number of carbonyl (C=O) groups excluding carboxylic acids is 2. The number of amides is 1. The smallest absolute Gasteiger partial charge is 0.214 e. The number of primary amides is 1. The van der Waals surface area contributed by atoms with Crippen LogP contribution in [0.4, 0.5) is 0 Å². The van der Waals surface area contributed by atoms with Crippen LogP contribution in [-0.4, -0.2) is 12.2 Å². The van der Waals surface area contributed by atoms with Gasteiger partial charge in [-0.05, 0) is 6.92 Å². The third-order valence-corrected chi connectivity index (χ3v) is 0. The van der Waals surface area contributed by atoms with Crippen LogP contribution in [0.25, 0.3) is 0 Å². The number of aldehydes is 1. The standard InChI is InChI=1S/C2H5NO.C2H4O.CH4/c1-2(3)4;1-2-3;/h1H3,(H2,3,4);2H,1H3;1H4. The van der Waals surface area contributed by atoms with Crippen molar-refractivity contribution < 1.29 is 9.59 Å². The van der Waals surface area contributed by atoms with E-state index in [0.29, 0.717) is 0 Å². The lowest BCUT2D eigenvalue weighted by Gasteiger charge is -1.60. The lowest BCUT2D eigenvalue weighted by Crippen LogP contribution is -2.01. The normalized spacial score (nSPS) is 4.75. The fourth-order valence-corrected chi connectivity index (χ4v) is 0.